The van der Waals surface area contributed by atoms with Crippen LogP contribution in [-0.2, 0) is 9.53 Å². The first-order chi connectivity index (χ1) is 12.1. The maximum atomic E-state index is 11.3. The fraction of sp³-hybridized carbons (Fsp3) is 0.650. The van der Waals surface area contributed by atoms with Crippen molar-refractivity contribution < 1.29 is 9.53 Å². The molecule has 0 aliphatic heterocycles. The van der Waals surface area contributed by atoms with Crippen LogP contribution < -0.4 is 0 Å². The van der Waals surface area contributed by atoms with E-state index in [1.54, 1.807) is 25.4 Å². The molecule has 0 amide bonds. The molecule has 5 heteroatoms. The van der Waals surface area contributed by atoms with Gasteiger partial charge in [0.15, 0.2) is 5.01 Å². The number of unbranched alkanes of at least 4 members (excludes halogenated alkanes) is 8. The van der Waals surface area contributed by atoms with E-state index in [9.17, 15) is 4.79 Å². The number of carbonyl (C=O) groups excluding carboxylic acids is 1. The molecule has 1 rings (SSSR count). The Hall–Kier alpha value is -1.23. The molecule has 0 aromatic carbocycles. The minimum Gasteiger partial charge on any atom is -0.447 e. The van der Waals surface area contributed by atoms with Gasteiger partial charge in [0.25, 0.3) is 0 Å². The molecule has 0 saturated carbocycles. The van der Waals surface area contributed by atoms with Gasteiger partial charge in [0.1, 0.15) is 6.33 Å². The molecule has 0 bridgehead atoms. The second-order valence-electron chi connectivity index (χ2n) is 6.12. The van der Waals surface area contributed by atoms with Crippen molar-refractivity contribution in [3.8, 4) is 0 Å². The Morgan fingerprint density at radius 1 is 1.04 bits per heavy atom. The van der Waals surface area contributed by atoms with Gasteiger partial charge in [0.2, 0.25) is 0 Å². The molecule has 25 heavy (non-hydrogen) atoms. The minimum atomic E-state index is -0.308. The number of hydrogen-bond donors (Lipinski definition) is 0. The molecular formula is C20H33BrN2O2. The highest BCUT2D eigenvalue weighted by molar-refractivity contribution is 9.09. The van der Waals surface area contributed by atoms with Crippen molar-refractivity contribution in [1.82, 2.24) is 9.97 Å². The Balaban J connectivity index is 0.000000796. The Labute approximate surface area is 161 Å². The average molecular weight is 413 g/mol. The Morgan fingerprint density at radius 3 is 1.96 bits per heavy atom. The van der Waals surface area contributed by atoms with Gasteiger partial charge < -0.3 is 4.74 Å². The predicted molar refractivity (Wildman–Crippen MR) is 107 cm³/mol. The summed E-state index contributed by atoms with van der Waals surface area (Å²) >= 11 is 3.37. The summed E-state index contributed by atoms with van der Waals surface area (Å²) in [6, 6.07) is 1.78. The van der Waals surface area contributed by atoms with Crippen LogP contribution in [0.15, 0.2) is 36.9 Å². The van der Waals surface area contributed by atoms with E-state index in [1.165, 1.54) is 57.7 Å². The van der Waals surface area contributed by atoms with Gasteiger partial charge in [0.05, 0.1) is 0 Å². The van der Waals surface area contributed by atoms with E-state index in [-0.39, 0.29) is 11.0 Å². The molecule has 1 atom stereocenters. The van der Waals surface area contributed by atoms with Crippen LogP contribution in [0.3, 0.4) is 0 Å². The highest BCUT2D eigenvalue weighted by Gasteiger charge is 2.10. The van der Waals surface area contributed by atoms with Gasteiger partial charge in [-0.05, 0) is 41.8 Å². The standard InChI is InChI=1S/C16H29BrO2.C4H4N2/c1-4-5-6-7-8-9-10-11-12-13-15(17)19-16(18)14(2)3;1-2-5-4-6-3-1/h15H,2,4-13H2,1,3H3;1-4H. The van der Waals surface area contributed by atoms with Crippen molar-refractivity contribution in [3.05, 3.63) is 36.9 Å². The zero-order chi connectivity index (χ0) is 18.8. The lowest BCUT2D eigenvalue weighted by Crippen LogP contribution is -2.12. The second-order valence-corrected chi connectivity index (χ2v) is 7.14. The highest BCUT2D eigenvalue weighted by atomic mass is 79.9. The first-order valence-corrected chi connectivity index (χ1v) is 10.2. The van der Waals surface area contributed by atoms with E-state index in [2.05, 4.69) is 39.4 Å². The number of aromatic nitrogens is 2. The molecule has 1 unspecified atom stereocenters. The number of nitrogens with zero attached hydrogens (tertiary/aromatic N) is 2. The zero-order valence-electron chi connectivity index (χ0n) is 15.8. The molecule has 0 N–H and O–H groups in total. The van der Waals surface area contributed by atoms with Gasteiger partial charge in [-0.15, -0.1) is 0 Å². The summed E-state index contributed by atoms with van der Waals surface area (Å²) in [7, 11) is 0. The van der Waals surface area contributed by atoms with Gasteiger partial charge in [-0.1, -0.05) is 64.9 Å². The van der Waals surface area contributed by atoms with E-state index in [4.69, 9.17) is 4.74 Å². The Morgan fingerprint density at radius 2 is 1.56 bits per heavy atom. The molecule has 4 nitrogen and oxygen atoms in total. The highest BCUT2D eigenvalue weighted by Crippen LogP contribution is 2.16. The lowest BCUT2D eigenvalue weighted by molar-refractivity contribution is -0.140. The summed E-state index contributed by atoms with van der Waals surface area (Å²) in [5.41, 5.74) is 0.455. The predicted octanol–water partition coefficient (Wildman–Crippen LogP) is 6.22. The summed E-state index contributed by atoms with van der Waals surface area (Å²) in [4.78, 5) is 18.6. The summed E-state index contributed by atoms with van der Waals surface area (Å²) < 4.78 is 5.16. The smallest absolute Gasteiger partial charge is 0.334 e. The number of alkyl halides is 1. The first kappa shape index (κ1) is 23.8. The van der Waals surface area contributed by atoms with E-state index < -0.39 is 0 Å². The van der Waals surface area contributed by atoms with Gasteiger partial charge in [-0.3, -0.25) is 0 Å². The molecule has 0 fully saturated rings. The molecule has 0 aliphatic carbocycles. The SMILES string of the molecule is C=C(C)C(=O)OC(Br)CCCCCCCCCCC.c1cncnc1. The summed E-state index contributed by atoms with van der Waals surface area (Å²) in [6.07, 6.45) is 17.5. The van der Waals surface area contributed by atoms with E-state index in [0.717, 1.165) is 12.8 Å². The molecule has 1 aromatic heterocycles. The van der Waals surface area contributed by atoms with Crippen molar-refractivity contribution in [1.29, 1.82) is 0 Å². The lowest BCUT2D eigenvalue weighted by Gasteiger charge is -2.11. The quantitative estimate of drug-likeness (QED) is 0.177. The lowest BCUT2D eigenvalue weighted by atomic mass is 10.1. The molecule has 0 saturated heterocycles. The van der Waals surface area contributed by atoms with Crippen LogP contribution >= 0.6 is 15.9 Å². The van der Waals surface area contributed by atoms with Crippen LogP contribution in [0.4, 0.5) is 0 Å². The first-order valence-electron chi connectivity index (χ1n) is 9.28. The topological polar surface area (TPSA) is 52.1 Å². The van der Waals surface area contributed by atoms with Crippen LogP contribution in [0.25, 0.3) is 0 Å². The van der Waals surface area contributed by atoms with E-state index >= 15 is 0 Å². The molecule has 1 heterocycles. The third kappa shape index (κ3) is 17.4. The normalized spacial score (nSPS) is 11.2. The van der Waals surface area contributed by atoms with Crippen LogP contribution in [0.5, 0.6) is 0 Å². The zero-order valence-corrected chi connectivity index (χ0v) is 17.3. The van der Waals surface area contributed by atoms with Crippen molar-refractivity contribution >= 4 is 21.9 Å². The Kier molecular flexibility index (Phi) is 16.7. The largest absolute Gasteiger partial charge is 0.447 e. The van der Waals surface area contributed by atoms with Crippen LogP contribution in [0, 0.1) is 0 Å². The van der Waals surface area contributed by atoms with Crippen molar-refractivity contribution in [2.45, 2.75) is 83.1 Å². The van der Waals surface area contributed by atoms with Gasteiger partial charge in [-0.2, -0.15) is 0 Å². The van der Waals surface area contributed by atoms with Crippen molar-refractivity contribution in [3.63, 3.8) is 0 Å². The van der Waals surface area contributed by atoms with Crippen molar-refractivity contribution in [2.75, 3.05) is 0 Å². The summed E-state index contributed by atoms with van der Waals surface area (Å²) in [6.45, 7) is 7.48. The Bertz CT molecular complexity index is 414. The fourth-order valence-electron chi connectivity index (χ4n) is 2.14. The average Bonchev–Trinajstić information content (AvgIpc) is 2.62. The number of ether oxygens (including phenoxy) is 1. The third-order valence-corrected chi connectivity index (χ3v) is 4.24. The number of esters is 1. The van der Waals surface area contributed by atoms with Gasteiger partial charge >= 0.3 is 5.97 Å². The number of halogens is 1. The number of carbonyl (C=O) groups is 1. The third-order valence-electron chi connectivity index (χ3n) is 3.60. The molecule has 0 radical (unpaired) electrons. The van der Waals surface area contributed by atoms with E-state index in [1.807, 2.05) is 0 Å². The monoisotopic (exact) mass is 412 g/mol. The summed E-state index contributed by atoms with van der Waals surface area (Å²) in [5, 5.41) is -0.166. The van der Waals surface area contributed by atoms with Gasteiger partial charge in [0, 0.05) is 18.0 Å². The van der Waals surface area contributed by atoms with Crippen LogP contribution in [0.1, 0.15) is 78.1 Å². The molecule has 142 valence electrons. The second kappa shape index (κ2) is 17.6. The molecule has 0 aliphatic rings. The van der Waals surface area contributed by atoms with Crippen LogP contribution in [-0.4, -0.2) is 21.0 Å². The molecular weight excluding hydrogens is 380 g/mol. The number of rotatable bonds is 12. The fourth-order valence-corrected chi connectivity index (χ4v) is 2.64. The minimum absolute atomic E-state index is 0.166. The summed E-state index contributed by atoms with van der Waals surface area (Å²) in [5.74, 6) is -0.308. The van der Waals surface area contributed by atoms with E-state index in [0.29, 0.717) is 5.57 Å². The maximum absolute atomic E-state index is 11.3. The molecule has 0 spiro atoms. The van der Waals surface area contributed by atoms with Gasteiger partial charge in [-0.25, -0.2) is 14.8 Å². The van der Waals surface area contributed by atoms with Crippen LogP contribution in [0.2, 0.25) is 0 Å². The number of hydrogen-bond acceptors (Lipinski definition) is 4. The van der Waals surface area contributed by atoms with Crippen molar-refractivity contribution in [2.24, 2.45) is 0 Å². The molecule has 1 aromatic rings. The maximum Gasteiger partial charge on any atom is 0.334 e.